The number of benzene rings is 1. The molecule has 0 spiro atoms. The molecule has 2 atom stereocenters. The van der Waals surface area contributed by atoms with Crippen molar-refractivity contribution in [1.82, 2.24) is 5.32 Å². The summed E-state index contributed by atoms with van der Waals surface area (Å²) >= 11 is 0. The fourth-order valence-corrected chi connectivity index (χ4v) is 3.04. The number of nitrogens with one attached hydrogen (secondary N) is 2. The van der Waals surface area contributed by atoms with Gasteiger partial charge in [-0.15, -0.1) is 0 Å². The van der Waals surface area contributed by atoms with Gasteiger partial charge in [0.1, 0.15) is 23.8 Å². The third kappa shape index (κ3) is 2.80. The first kappa shape index (κ1) is 15.2. The molecule has 0 radical (unpaired) electrons. The smallest absolute Gasteiger partial charge is 0.224 e. The minimum atomic E-state index is -0.884. The van der Waals surface area contributed by atoms with Crippen molar-refractivity contribution in [3.8, 4) is 5.75 Å². The molecule has 3 N–H and O–H groups in total. The molecule has 1 aromatic carbocycles. The average molecular weight is 308 g/mol. The Morgan fingerprint density at radius 2 is 2.27 bits per heavy atom. The van der Waals surface area contributed by atoms with Gasteiger partial charge in [-0.2, -0.15) is 0 Å². The highest BCUT2D eigenvalue weighted by Crippen LogP contribution is 2.34. The first-order chi connectivity index (χ1) is 10.5. The van der Waals surface area contributed by atoms with Gasteiger partial charge in [0.2, 0.25) is 5.91 Å². The van der Waals surface area contributed by atoms with Gasteiger partial charge in [-0.3, -0.25) is 4.79 Å². The Hall–Kier alpha value is -1.66. The summed E-state index contributed by atoms with van der Waals surface area (Å²) < 4.78 is 19.6. The Balaban J connectivity index is 1.78. The highest BCUT2D eigenvalue weighted by atomic mass is 19.1. The number of aliphatic hydroxyl groups is 1. The predicted octanol–water partition coefficient (Wildman–Crippen LogP) is 1.45. The van der Waals surface area contributed by atoms with Crippen LogP contribution in [0.2, 0.25) is 0 Å². The number of hydrogen-bond donors (Lipinski definition) is 3. The van der Waals surface area contributed by atoms with Crippen LogP contribution in [0.1, 0.15) is 25.3 Å². The van der Waals surface area contributed by atoms with Crippen LogP contribution in [0.25, 0.3) is 0 Å². The zero-order valence-corrected chi connectivity index (χ0v) is 12.6. The monoisotopic (exact) mass is 308 g/mol. The van der Waals surface area contributed by atoms with Crippen molar-refractivity contribution in [1.29, 1.82) is 0 Å². The first-order valence-corrected chi connectivity index (χ1v) is 7.67. The molecule has 5 nitrogen and oxygen atoms in total. The van der Waals surface area contributed by atoms with Gasteiger partial charge in [-0.1, -0.05) is 6.92 Å². The molecule has 0 aromatic heterocycles. The van der Waals surface area contributed by atoms with Gasteiger partial charge in [0.05, 0.1) is 5.69 Å². The standard InChI is InChI=1S/C16H21FN2O3/c1-10-8-18-7-6-16(10,21)9-22-13-4-3-12(17)15-11(13)2-5-14(20)19-15/h3-4,10,18,21H,2,5-9H2,1H3,(H,19,20). The Morgan fingerprint density at radius 1 is 1.45 bits per heavy atom. The predicted molar refractivity (Wildman–Crippen MR) is 80.4 cm³/mol. The van der Waals surface area contributed by atoms with Gasteiger partial charge in [0.15, 0.2) is 0 Å². The summed E-state index contributed by atoms with van der Waals surface area (Å²) in [7, 11) is 0. The largest absolute Gasteiger partial charge is 0.490 e. The van der Waals surface area contributed by atoms with E-state index < -0.39 is 11.4 Å². The molecule has 0 bridgehead atoms. The normalized spacial score (nSPS) is 28.0. The van der Waals surface area contributed by atoms with Gasteiger partial charge in [0.25, 0.3) is 0 Å². The van der Waals surface area contributed by atoms with Gasteiger partial charge in [0, 0.05) is 24.4 Å². The van der Waals surface area contributed by atoms with E-state index in [2.05, 4.69) is 10.6 Å². The number of rotatable bonds is 3. The summed E-state index contributed by atoms with van der Waals surface area (Å²) in [4.78, 5) is 11.4. The second kappa shape index (κ2) is 5.85. The van der Waals surface area contributed by atoms with Gasteiger partial charge in [-0.05, 0) is 31.5 Å². The molecule has 2 unspecified atom stereocenters. The molecule has 0 aliphatic carbocycles. The zero-order chi connectivity index (χ0) is 15.7. The number of carbonyl (C=O) groups excluding carboxylic acids is 1. The molecule has 22 heavy (non-hydrogen) atoms. The number of amides is 1. The van der Waals surface area contributed by atoms with Crippen LogP contribution < -0.4 is 15.4 Å². The topological polar surface area (TPSA) is 70.6 Å². The van der Waals surface area contributed by atoms with Gasteiger partial charge < -0.3 is 20.5 Å². The Kier molecular flexibility index (Phi) is 4.06. The number of piperidine rings is 1. The van der Waals surface area contributed by atoms with E-state index in [9.17, 15) is 14.3 Å². The van der Waals surface area contributed by atoms with Crippen molar-refractivity contribution in [2.45, 2.75) is 31.8 Å². The van der Waals surface area contributed by atoms with E-state index in [1.54, 1.807) is 6.07 Å². The van der Waals surface area contributed by atoms with Crippen molar-refractivity contribution in [3.05, 3.63) is 23.5 Å². The lowest BCUT2D eigenvalue weighted by Crippen LogP contribution is -2.52. The molecule has 6 heteroatoms. The van der Waals surface area contributed by atoms with Crippen LogP contribution in [0, 0.1) is 11.7 Å². The summed E-state index contributed by atoms with van der Waals surface area (Å²) in [5.41, 5.74) is -0.00589. The van der Waals surface area contributed by atoms with Crippen molar-refractivity contribution in [2.24, 2.45) is 5.92 Å². The third-order valence-electron chi connectivity index (χ3n) is 4.67. The number of hydrogen-bond acceptors (Lipinski definition) is 4. The fourth-order valence-electron chi connectivity index (χ4n) is 3.04. The quantitative estimate of drug-likeness (QED) is 0.790. The van der Waals surface area contributed by atoms with E-state index in [-0.39, 0.29) is 24.1 Å². The molecule has 1 aromatic rings. The van der Waals surface area contributed by atoms with Crippen LogP contribution in [0.15, 0.2) is 12.1 Å². The summed E-state index contributed by atoms with van der Waals surface area (Å²) in [5.74, 6) is -0.0220. The molecule has 0 saturated carbocycles. The average Bonchev–Trinajstić information content (AvgIpc) is 2.50. The minimum Gasteiger partial charge on any atom is -0.490 e. The second-order valence-electron chi connectivity index (χ2n) is 6.19. The summed E-state index contributed by atoms with van der Waals surface area (Å²) in [6.07, 6.45) is 1.38. The highest BCUT2D eigenvalue weighted by Gasteiger charge is 2.37. The molecular formula is C16H21FN2O3. The van der Waals surface area contributed by atoms with Crippen molar-refractivity contribution >= 4 is 11.6 Å². The van der Waals surface area contributed by atoms with Crippen molar-refractivity contribution in [3.63, 3.8) is 0 Å². The molecule has 1 saturated heterocycles. The molecular weight excluding hydrogens is 287 g/mol. The molecule has 2 aliphatic heterocycles. The van der Waals surface area contributed by atoms with Crippen molar-refractivity contribution < 1.29 is 19.0 Å². The lowest BCUT2D eigenvalue weighted by Gasteiger charge is -2.38. The maximum Gasteiger partial charge on any atom is 0.224 e. The molecule has 2 heterocycles. The van der Waals surface area contributed by atoms with Gasteiger partial charge >= 0.3 is 0 Å². The van der Waals surface area contributed by atoms with Crippen LogP contribution >= 0.6 is 0 Å². The van der Waals surface area contributed by atoms with Crippen LogP contribution in [-0.2, 0) is 11.2 Å². The lowest BCUT2D eigenvalue weighted by atomic mass is 9.84. The Morgan fingerprint density at radius 3 is 3.05 bits per heavy atom. The van der Waals surface area contributed by atoms with Crippen molar-refractivity contribution in [2.75, 3.05) is 25.0 Å². The number of fused-ring (bicyclic) bond motifs is 1. The van der Waals surface area contributed by atoms with E-state index in [0.717, 1.165) is 13.1 Å². The van der Waals surface area contributed by atoms with E-state index in [0.29, 0.717) is 30.6 Å². The van der Waals surface area contributed by atoms with E-state index in [1.165, 1.54) is 6.07 Å². The summed E-state index contributed by atoms with van der Waals surface area (Å²) in [6, 6.07) is 2.86. The van der Waals surface area contributed by atoms with Crippen LogP contribution in [0.5, 0.6) is 5.75 Å². The molecule has 1 amide bonds. The second-order valence-corrected chi connectivity index (χ2v) is 6.19. The molecule has 2 aliphatic rings. The van der Waals surface area contributed by atoms with E-state index >= 15 is 0 Å². The Labute approximate surface area is 128 Å². The fraction of sp³-hybridized carbons (Fsp3) is 0.562. The third-order valence-corrected chi connectivity index (χ3v) is 4.67. The number of halogens is 1. The summed E-state index contributed by atoms with van der Waals surface area (Å²) in [6.45, 7) is 3.65. The highest BCUT2D eigenvalue weighted by molar-refractivity contribution is 5.94. The van der Waals surface area contributed by atoms with Crippen LogP contribution in [0.4, 0.5) is 10.1 Å². The SMILES string of the molecule is CC1CNCCC1(O)COc1ccc(F)c2c1CCC(=O)N2. The molecule has 3 rings (SSSR count). The lowest BCUT2D eigenvalue weighted by molar-refractivity contribution is -0.116. The maximum absolute atomic E-state index is 13.8. The molecule has 120 valence electrons. The zero-order valence-electron chi connectivity index (χ0n) is 12.6. The maximum atomic E-state index is 13.8. The number of anilines is 1. The van der Waals surface area contributed by atoms with E-state index in [4.69, 9.17) is 4.74 Å². The molecule has 1 fully saturated rings. The first-order valence-electron chi connectivity index (χ1n) is 7.67. The summed E-state index contributed by atoms with van der Waals surface area (Å²) in [5, 5.41) is 16.5. The Bertz CT molecular complexity index is 593. The van der Waals surface area contributed by atoms with Crippen LogP contribution in [0.3, 0.4) is 0 Å². The van der Waals surface area contributed by atoms with E-state index in [1.807, 2.05) is 6.92 Å². The van der Waals surface area contributed by atoms with Crippen LogP contribution in [-0.4, -0.2) is 36.3 Å². The number of ether oxygens (including phenoxy) is 1. The minimum absolute atomic E-state index is 0.0808. The van der Waals surface area contributed by atoms with Gasteiger partial charge in [-0.25, -0.2) is 4.39 Å². The number of carbonyl (C=O) groups is 1.